The Morgan fingerprint density at radius 3 is 1.15 bits per heavy atom. The number of carbonyl (C=O) groups excluding carboxylic acids is 1. The number of hydrogen-bond donors (Lipinski definition) is 9. The van der Waals surface area contributed by atoms with Crippen molar-refractivity contribution in [3.8, 4) is 0 Å². The van der Waals surface area contributed by atoms with Crippen LogP contribution in [0.2, 0.25) is 0 Å². The summed E-state index contributed by atoms with van der Waals surface area (Å²) in [5, 5.41) is 87.6. The summed E-state index contributed by atoms with van der Waals surface area (Å²) in [6.07, 6.45) is 68.2. The molecule has 12 unspecified atom stereocenters. The Morgan fingerprint density at radius 1 is 0.402 bits per heavy atom. The summed E-state index contributed by atoms with van der Waals surface area (Å²) in [6, 6.07) is -0.917. The first-order valence-electron chi connectivity index (χ1n) is 38.2. The van der Waals surface area contributed by atoms with Gasteiger partial charge in [-0.25, -0.2) is 0 Å². The summed E-state index contributed by atoms with van der Waals surface area (Å²) in [5.74, 6) is -0.235. The van der Waals surface area contributed by atoms with Crippen LogP contribution in [0, 0.1) is 0 Å². The van der Waals surface area contributed by atoms with Crippen molar-refractivity contribution in [2.45, 2.75) is 396 Å². The maximum atomic E-state index is 13.4. The molecule has 92 heavy (non-hydrogen) atoms. The van der Waals surface area contributed by atoms with E-state index in [0.717, 1.165) is 70.6 Å². The molecule has 0 spiro atoms. The van der Waals surface area contributed by atoms with Gasteiger partial charge >= 0.3 is 0 Å². The number of unbranched alkanes of at least 4 members (excludes halogenated alkanes) is 40. The quantitative estimate of drug-likeness (QED) is 0.0204. The SMILES string of the molecule is CC/C=C\C/C=C\C/C=C\C/C=C\C/C=C\CCCCCCCCCCCCCCCCCCCCCC(=O)NC(COC1OC(CO)C(OC2OC(CO)C(O)C(O)C2O)C(O)C1O)C(O)/C=C/CCCCCCCCCCCCCCCCCCCCCCC. The highest BCUT2D eigenvalue weighted by atomic mass is 16.7. The van der Waals surface area contributed by atoms with E-state index < -0.39 is 86.8 Å². The van der Waals surface area contributed by atoms with Crippen LogP contribution in [-0.2, 0) is 23.7 Å². The van der Waals surface area contributed by atoms with E-state index >= 15 is 0 Å². The number of ether oxygens (including phenoxy) is 4. The normalized spacial score (nSPS) is 23.1. The van der Waals surface area contributed by atoms with E-state index in [9.17, 15) is 45.6 Å². The highest BCUT2D eigenvalue weighted by Gasteiger charge is 2.51. The zero-order valence-electron chi connectivity index (χ0n) is 58.5. The lowest BCUT2D eigenvalue weighted by molar-refractivity contribution is -0.359. The van der Waals surface area contributed by atoms with E-state index in [2.05, 4.69) is 79.9 Å². The van der Waals surface area contributed by atoms with Crippen LogP contribution in [0.4, 0.5) is 0 Å². The van der Waals surface area contributed by atoms with E-state index in [1.807, 2.05) is 6.08 Å². The third-order valence-corrected chi connectivity index (χ3v) is 18.4. The number of allylic oxidation sites excluding steroid dienone is 11. The summed E-state index contributed by atoms with van der Waals surface area (Å²) < 4.78 is 22.9. The van der Waals surface area contributed by atoms with Gasteiger partial charge in [0.1, 0.15) is 48.8 Å². The number of aliphatic hydroxyl groups excluding tert-OH is 8. The molecule has 0 radical (unpaired) electrons. The second-order valence-corrected chi connectivity index (χ2v) is 26.8. The molecule has 0 aromatic carbocycles. The molecule has 14 nitrogen and oxygen atoms in total. The summed E-state index contributed by atoms with van der Waals surface area (Å²) in [5.41, 5.74) is 0. The molecule has 2 rings (SSSR count). The predicted molar refractivity (Wildman–Crippen MR) is 378 cm³/mol. The number of rotatable bonds is 63. The van der Waals surface area contributed by atoms with E-state index in [0.29, 0.717) is 6.42 Å². The Kier molecular flexibility index (Phi) is 57.6. The largest absolute Gasteiger partial charge is 0.394 e. The predicted octanol–water partition coefficient (Wildman–Crippen LogP) is 16.6. The molecule has 12 atom stereocenters. The van der Waals surface area contributed by atoms with Gasteiger partial charge in [-0.15, -0.1) is 0 Å². The number of nitrogens with one attached hydrogen (secondary N) is 1. The van der Waals surface area contributed by atoms with E-state index in [4.69, 9.17) is 18.9 Å². The number of hydrogen-bond acceptors (Lipinski definition) is 13. The van der Waals surface area contributed by atoms with Crippen LogP contribution in [0.15, 0.2) is 72.9 Å². The van der Waals surface area contributed by atoms with E-state index in [1.165, 1.54) is 225 Å². The second-order valence-electron chi connectivity index (χ2n) is 26.8. The molecule has 536 valence electrons. The minimum Gasteiger partial charge on any atom is -0.394 e. The van der Waals surface area contributed by atoms with Crippen LogP contribution in [0.25, 0.3) is 0 Å². The number of carbonyl (C=O) groups is 1. The van der Waals surface area contributed by atoms with Gasteiger partial charge in [-0.3, -0.25) is 4.79 Å². The fourth-order valence-corrected chi connectivity index (χ4v) is 12.4. The lowest BCUT2D eigenvalue weighted by atomic mass is 9.97. The van der Waals surface area contributed by atoms with Crippen molar-refractivity contribution in [3.63, 3.8) is 0 Å². The molecule has 9 N–H and O–H groups in total. The van der Waals surface area contributed by atoms with Gasteiger partial charge in [0.15, 0.2) is 12.6 Å². The Morgan fingerprint density at radius 2 is 0.750 bits per heavy atom. The molecule has 0 bridgehead atoms. The lowest BCUT2D eigenvalue weighted by Gasteiger charge is -2.46. The van der Waals surface area contributed by atoms with Gasteiger partial charge in [-0.2, -0.15) is 0 Å². The molecule has 14 heteroatoms. The summed E-state index contributed by atoms with van der Waals surface area (Å²) in [6.45, 7) is 2.73. The molecular weight excluding hydrogens is 1160 g/mol. The molecule has 2 heterocycles. The first kappa shape index (κ1) is 85.5. The standard InChI is InChI=1S/C78H141NO13/c1-3-5-7-9-11-13-15-17-19-21-23-25-27-28-29-30-31-32-33-34-35-36-37-38-40-42-44-46-48-50-52-54-56-58-60-62-70(83)79-66(65-89-77-75(88)73(86)76(69(64-81)91-77)92-78-74(87)72(85)71(84)68(63-80)90-78)67(82)61-59-57-55-53-51-49-47-45-43-41-39-26-24-22-20-18-16-14-12-10-8-6-4-2/h5,7,11,13,17,19,23,25,28-29,59,61,66-69,71-78,80-82,84-88H,3-4,6,8-10,12,14-16,18,20-22,24,26-27,30-58,60,62-65H2,1-2H3,(H,79,83)/b7-5-,13-11-,19-17-,25-23-,29-28-,61-59+. The molecule has 0 aromatic heterocycles. The fourth-order valence-electron chi connectivity index (χ4n) is 12.4. The highest BCUT2D eigenvalue weighted by Crippen LogP contribution is 2.30. The zero-order valence-corrected chi connectivity index (χ0v) is 58.5. The Bertz CT molecular complexity index is 1820. The van der Waals surface area contributed by atoms with Gasteiger partial charge in [-0.1, -0.05) is 324 Å². The highest BCUT2D eigenvalue weighted by molar-refractivity contribution is 5.76. The lowest BCUT2D eigenvalue weighted by Crippen LogP contribution is -2.65. The monoisotopic (exact) mass is 1300 g/mol. The van der Waals surface area contributed by atoms with Gasteiger partial charge in [-0.05, 0) is 64.2 Å². The summed E-state index contributed by atoms with van der Waals surface area (Å²) in [7, 11) is 0. The molecular formula is C78H141NO13. The molecule has 0 saturated carbocycles. The average Bonchev–Trinajstić information content (AvgIpc) is 0.830. The van der Waals surface area contributed by atoms with Crippen LogP contribution in [0.5, 0.6) is 0 Å². The molecule has 2 saturated heterocycles. The van der Waals surface area contributed by atoms with Crippen LogP contribution < -0.4 is 5.32 Å². The summed E-state index contributed by atoms with van der Waals surface area (Å²) >= 11 is 0. The molecule has 2 fully saturated rings. The molecule has 0 aliphatic carbocycles. The van der Waals surface area contributed by atoms with Crippen molar-refractivity contribution in [1.29, 1.82) is 0 Å². The van der Waals surface area contributed by atoms with Crippen LogP contribution in [0.3, 0.4) is 0 Å². The first-order valence-corrected chi connectivity index (χ1v) is 38.2. The number of aliphatic hydroxyl groups is 8. The van der Waals surface area contributed by atoms with Crippen LogP contribution in [0.1, 0.15) is 322 Å². The topological polar surface area (TPSA) is 228 Å². The molecule has 2 aliphatic rings. The maximum Gasteiger partial charge on any atom is 0.220 e. The van der Waals surface area contributed by atoms with Crippen molar-refractivity contribution >= 4 is 5.91 Å². The van der Waals surface area contributed by atoms with Crippen molar-refractivity contribution in [2.75, 3.05) is 19.8 Å². The minimum absolute atomic E-state index is 0.235. The maximum absolute atomic E-state index is 13.4. The van der Waals surface area contributed by atoms with Crippen molar-refractivity contribution < 1.29 is 64.6 Å². The van der Waals surface area contributed by atoms with Crippen molar-refractivity contribution in [3.05, 3.63) is 72.9 Å². The molecule has 0 aromatic rings. The van der Waals surface area contributed by atoms with Gasteiger partial charge in [0.25, 0.3) is 0 Å². The van der Waals surface area contributed by atoms with Crippen molar-refractivity contribution in [2.24, 2.45) is 0 Å². The third kappa shape index (κ3) is 45.0. The smallest absolute Gasteiger partial charge is 0.220 e. The summed E-state index contributed by atoms with van der Waals surface area (Å²) in [4.78, 5) is 13.4. The number of amides is 1. The van der Waals surface area contributed by atoms with Gasteiger partial charge in [0.05, 0.1) is 32.0 Å². The molecule has 1 amide bonds. The third-order valence-electron chi connectivity index (χ3n) is 18.4. The van der Waals surface area contributed by atoms with Gasteiger partial charge < -0.3 is 65.1 Å². The Hall–Kier alpha value is -2.57. The minimum atomic E-state index is -1.79. The Balaban J connectivity index is 1.62. The average molecular weight is 1300 g/mol. The van der Waals surface area contributed by atoms with Crippen molar-refractivity contribution in [1.82, 2.24) is 5.32 Å². The Labute approximate surface area is 561 Å². The van der Waals surface area contributed by atoms with E-state index in [1.54, 1.807) is 6.08 Å². The van der Waals surface area contributed by atoms with Gasteiger partial charge in [0, 0.05) is 6.42 Å². The molecule has 2 aliphatic heterocycles. The first-order chi connectivity index (χ1) is 45.1. The zero-order chi connectivity index (χ0) is 66.6. The second kappa shape index (κ2) is 62.0. The van der Waals surface area contributed by atoms with Crippen LogP contribution >= 0.6 is 0 Å². The van der Waals surface area contributed by atoms with Crippen LogP contribution in [-0.4, -0.2) is 140 Å². The van der Waals surface area contributed by atoms with E-state index in [-0.39, 0.29) is 18.9 Å². The van der Waals surface area contributed by atoms with Gasteiger partial charge in [0.2, 0.25) is 5.91 Å². The fraction of sp³-hybridized carbons (Fsp3) is 0.833.